The molecule has 1 nitrogen and oxygen atoms in total. The standard InChI is InChI=1S/C13H19Cl2NS.C6H4/c1-10(6-7-16(2)3)17-9-11-4-5-12(14)8-13(11)15;1-2-6-4-3-5(1)6/h4-5,8,10H,6-7,9H2,1-3H3;1-4H. The molecule has 0 N–H and O–H groups in total. The minimum Gasteiger partial charge on any atom is -0.309 e. The van der Waals surface area contributed by atoms with E-state index in [1.165, 1.54) is 16.9 Å². The Balaban J connectivity index is 0.000000260. The fraction of sp³-hybridized carbons (Fsp3) is 0.368. The van der Waals surface area contributed by atoms with E-state index in [4.69, 9.17) is 23.2 Å². The van der Waals surface area contributed by atoms with E-state index in [1.54, 1.807) is 0 Å². The number of thioether (sulfide) groups is 1. The lowest BCUT2D eigenvalue weighted by molar-refractivity contribution is 0.400. The Hall–Kier alpha value is -0.670. The third-order valence-electron chi connectivity index (χ3n) is 3.74. The lowest BCUT2D eigenvalue weighted by Crippen LogP contribution is -2.16. The van der Waals surface area contributed by atoms with E-state index in [0.717, 1.165) is 22.9 Å². The van der Waals surface area contributed by atoms with Gasteiger partial charge in [-0.25, -0.2) is 0 Å². The van der Waals surface area contributed by atoms with Gasteiger partial charge in [0.15, 0.2) is 0 Å². The van der Waals surface area contributed by atoms with Crippen molar-refractivity contribution in [1.29, 1.82) is 0 Å². The molecule has 0 saturated heterocycles. The fourth-order valence-corrected chi connectivity index (χ4v) is 3.60. The number of rotatable bonds is 6. The van der Waals surface area contributed by atoms with Gasteiger partial charge in [-0.2, -0.15) is 11.8 Å². The number of nitrogens with zero attached hydrogens (tertiary/aromatic N) is 1. The van der Waals surface area contributed by atoms with Crippen molar-refractivity contribution in [3.63, 3.8) is 0 Å². The number of hydrogen-bond donors (Lipinski definition) is 0. The van der Waals surface area contributed by atoms with E-state index in [9.17, 15) is 0 Å². The average molecular weight is 368 g/mol. The summed E-state index contributed by atoms with van der Waals surface area (Å²) in [5.74, 6) is 0.949. The third-order valence-corrected chi connectivity index (χ3v) is 5.61. The summed E-state index contributed by atoms with van der Waals surface area (Å²) in [6, 6.07) is 14.2. The summed E-state index contributed by atoms with van der Waals surface area (Å²) in [5.41, 5.74) is 1.16. The predicted molar refractivity (Wildman–Crippen MR) is 105 cm³/mol. The van der Waals surface area contributed by atoms with Crippen LogP contribution in [0.5, 0.6) is 0 Å². The van der Waals surface area contributed by atoms with E-state index >= 15 is 0 Å². The van der Waals surface area contributed by atoms with E-state index in [1.807, 2.05) is 30.0 Å². The maximum absolute atomic E-state index is 6.13. The minimum absolute atomic E-state index is 0.643. The molecule has 0 aromatic heterocycles. The second-order valence-corrected chi connectivity index (χ2v) is 8.30. The van der Waals surface area contributed by atoms with Crippen LogP contribution < -0.4 is 0 Å². The first-order valence-corrected chi connectivity index (χ1v) is 9.57. The van der Waals surface area contributed by atoms with E-state index in [-0.39, 0.29) is 0 Å². The molecule has 0 saturated carbocycles. The van der Waals surface area contributed by atoms with Gasteiger partial charge in [0.25, 0.3) is 0 Å². The highest BCUT2D eigenvalue weighted by atomic mass is 35.5. The molecule has 1 aromatic carbocycles. The molecule has 0 radical (unpaired) electrons. The molecule has 0 heterocycles. The second-order valence-electron chi connectivity index (χ2n) is 6.03. The van der Waals surface area contributed by atoms with Crippen LogP contribution in [-0.2, 0) is 5.75 Å². The van der Waals surface area contributed by atoms with Crippen molar-refractivity contribution in [2.45, 2.75) is 24.3 Å². The Bertz CT molecular complexity index is 680. The summed E-state index contributed by atoms with van der Waals surface area (Å²) in [6.45, 7) is 3.39. The van der Waals surface area contributed by atoms with Gasteiger partial charge in [-0.1, -0.05) is 60.5 Å². The van der Waals surface area contributed by atoms with Crippen molar-refractivity contribution in [3.05, 3.63) is 68.5 Å². The summed E-state index contributed by atoms with van der Waals surface area (Å²) in [7, 11) is 4.21. The largest absolute Gasteiger partial charge is 0.309 e. The van der Waals surface area contributed by atoms with E-state index in [0.29, 0.717) is 10.3 Å². The maximum Gasteiger partial charge on any atom is 0.0461 e. The van der Waals surface area contributed by atoms with E-state index in [2.05, 4.69) is 50.2 Å². The first kappa shape index (κ1) is 18.7. The second kappa shape index (κ2) is 8.98. The molecule has 0 spiro atoms. The minimum atomic E-state index is 0.643. The molecule has 1 atom stereocenters. The van der Waals surface area contributed by atoms with Crippen LogP contribution in [0.15, 0.2) is 42.5 Å². The number of halogens is 2. The van der Waals surface area contributed by atoms with Crippen molar-refractivity contribution in [1.82, 2.24) is 4.90 Å². The van der Waals surface area contributed by atoms with Crippen molar-refractivity contribution >= 4 is 35.0 Å². The molecule has 1 aromatic rings. The average Bonchev–Trinajstić information content (AvgIpc) is 2.48. The molecule has 0 amide bonds. The summed E-state index contributed by atoms with van der Waals surface area (Å²) in [6.07, 6.45) is 1.20. The zero-order valence-electron chi connectivity index (χ0n) is 13.9. The smallest absolute Gasteiger partial charge is 0.0461 e. The van der Waals surface area contributed by atoms with Crippen LogP contribution in [-0.4, -0.2) is 30.8 Å². The summed E-state index contributed by atoms with van der Waals surface area (Å²) >= 11 is 13.9. The molecule has 0 fully saturated rings. The number of hydrogen-bond acceptors (Lipinski definition) is 2. The fourth-order valence-electron chi connectivity index (χ4n) is 2.06. The Morgan fingerprint density at radius 2 is 1.61 bits per heavy atom. The summed E-state index contributed by atoms with van der Waals surface area (Å²) in [5, 5.41) is 4.96. The van der Waals surface area contributed by atoms with Gasteiger partial charge in [0, 0.05) is 21.0 Å². The van der Waals surface area contributed by atoms with Crippen LogP contribution in [0.25, 0.3) is 0 Å². The van der Waals surface area contributed by atoms with Crippen LogP contribution in [0, 0.1) is 10.4 Å². The van der Waals surface area contributed by atoms with Gasteiger partial charge in [-0.15, -0.1) is 0 Å². The Morgan fingerprint density at radius 3 is 2.04 bits per heavy atom. The van der Waals surface area contributed by atoms with Crippen LogP contribution in [0.3, 0.4) is 0 Å². The molecule has 4 heteroatoms. The Labute approximate surface area is 153 Å². The molecule has 0 aliphatic heterocycles. The molecule has 2 aliphatic rings. The van der Waals surface area contributed by atoms with Gasteiger partial charge in [0.05, 0.1) is 0 Å². The summed E-state index contributed by atoms with van der Waals surface area (Å²) in [4.78, 5) is 2.21. The van der Waals surface area contributed by atoms with Crippen LogP contribution in [0.1, 0.15) is 18.9 Å². The predicted octanol–water partition coefficient (Wildman–Crippen LogP) is 5.85. The molecule has 3 rings (SSSR count). The topological polar surface area (TPSA) is 3.24 Å². The lowest BCUT2D eigenvalue weighted by Gasteiger charge is -2.15. The molecular weight excluding hydrogens is 345 g/mol. The van der Waals surface area contributed by atoms with E-state index < -0.39 is 0 Å². The van der Waals surface area contributed by atoms with Gasteiger partial charge in [0.1, 0.15) is 0 Å². The van der Waals surface area contributed by atoms with Crippen molar-refractivity contribution in [3.8, 4) is 0 Å². The van der Waals surface area contributed by atoms with Crippen molar-refractivity contribution in [2.24, 2.45) is 0 Å². The van der Waals surface area contributed by atoms with Crippen LogP contribution in [0.2, 0.25) is 10.0 Å². The van der Waals surface area contributed by atoms with Gasteiger partial charge in [-0.3, -0.25) is 0 Å². The highest BCUT2D eigenvalue weighted by Crippen LogP contribution is 2.27. The lowest BCUT2D eigenvalue weighted by atomic mass is 10.1. The van der Waals surface area contributed by atoms with Gasteiger partial charge in [0.2, 0.25) is 0 Å². The molecular formula is C19H23Cl2NS. The van der Waals surface area contributed by atoms with Crippen LogP contribution in [0.4, 0.5) is 0 Å². The monoisotopic (exact) mass is 367 g/mol. The molecule has 1 unspecified atom stereocenters. The first-order chi connectivity index (χ1) is 11.0. The quantitative estimate of drug-likeness (QED) is 0.537. The number of benzene rings is 2. The van der Waals surface area contributed by atoms with Crippen molar-refractivity contribution < 1.29 is 0 Å². The maximum atomic E-state index is 6.13. The normalized spacial score (nSPS) is 12.6. The molecule has 23 heavy (non-hydrogen) atoms. The highest BCUT2D eigenvalue weighted by Gasteiger charge is 2.06. The van der Waals surface area contributed by atoms with Gasteiger partial charge in [-0.05, 0) is 55.2 Å². The molecule has 0 bridgehead atoms. The third kappa shape index (κ3) is 6.04. The highest BCUT2D eigenvalue weighted by molar-refractivity contribution is 7.99. The zero-order chi connectivity index (χ0) is 16.8. The summed E-state index contributed by atoms with van der Waals surface area (Å²) < 4.78 is 0. The SMILES string of the molecule is CC(CCN(C)C)SCc1ccc(Cl)cc1Cl.c1cc2ccc1=2. The Kier molecular flexibility index (Phi) is 7.29. The Morgan fingerprint density at radius 1 is 1.00 bits per heavy atom. The van der Waals surface area contributed by atoms with Crippen LogP contribution >= 0.6 is 35.0 Å². The van der Waals surface area contributed by atoms with Gasteiger partial charge >= 0.3 is 0 Å². The molecule has 2 aliphatic carbocycles. The zero-order valence-corrected chi connectivity index (χ0v) is 16.2. The first-order valence-electron chi connectivity index (χ1n) is 7.76. The van der Waals surface area contributed by atoms with Gasteiger partial charge < -0.3 is 4.90 Å². The molecule has 124 valence electrons. The van der Waals surface area contributed by atoms with Crippen molar-refractivity contribution in [2.75, 3.05) is 20.6 Å².